The van der Waals surface area contributed by atoms with Crippen molar-refractivity contribution in [3.05, 3.63) is 46.2 Å². The predicted octanol–water partition coefficient (Wildman–Crippen LogP) is 2.43. The number of nitrogens with one attached hydrogen (secondary N) is 1. The van der Waals surface area contributed by atoms with Gasteiger partial charge in [-0.15, -0.1) is 0 Å². The number of nitrogen functional groups attached to an aromatic ring is 1. The largest absolute Gasteiger partial charge is 0.384 e. The number of rotatable bonds is 2. The quantitative estimate of drug-likeness (QED) is 0.633. The molecule has 0 spiro atoms. The van der Waals surface area contributed by atoms with E-state index in [4.69, 9.17) is 22.7 Å². The van der Waals surface area contributed by atoms with Crippen molar-refractivity contribution in [3.8, 4) is 5.69 Å². The molecule has 88 valence electrons. The second-order valence-corrected chi connectivity index (χ2v) is 4.26. The van der Waals surface area contributed by atoms with E-state index in [0.29, 0.717) is 10.6 Å². The minimum atomic E-state index is 0.0217. The van der Waals surface area contributed by atoms with Gasteiger partial charge < -0.3 is 5.73 Å². The van der Waals surface area contributed by atoms with Crippen LogP contribution in [0.25, 0.3) is 5.69 Å². The summed E-state index contributed by atoms with van der Waals surface area (Å²) >= 11 is 6.08. The molecule has 0 bridgehead atoms. The average molecular weight is 249 g/mol. The third kappa shape index (κ3) is 1.91. The van der Waals surface area contributed by atoms with Gasteiger partial charge in [-0.1, -0.05) is 17.7 Å². The lowest BCUT2D eigenvalue weighted by Crippen LogP contribution is -2.12. The normalized spacial score (nSPS) is 10.5. The van der Waals surface area contributed by atoms with Crippen LogP contribution in [0.5, 0.6) is 0 Å². The van der Waals surface area contributed by atoms with E-state index in [0.717, 1.165) is 16.9 Å². The summed E-state index contributed by atoms with van der Waals surface area (Å²) in [5, 5.41) is 12.4. The fourth-order valence-electron chi connectivity index (χ4n) is 1.74. The number of amidine groups is 1. The highest BCUT2D eigenvalue weighted by atomic mass is 35.5. The fourth-order valence-corrected chi connectivity index (χ4v) is 1.91. The summed E-state index contributed by atoms with van der Waals surface area (Å²) in [6, 6.07) is 5.65. The van der Waals surface area contributed by atoms with Gasteiger partial charge in [-0.05, 0) is 31.5 Å². The van der Waals surface area contributed by atoms with Crippen molar-refractivity contribution in [2.75, 3.05) is 0 Å². The van der Waals surface area contributed by atoms with Gasteiger partial charge in [0, 0.05) is 5.02 Å². The smallest absolute Gasteiger partial charge is 0.126 e. The molecule has 0 aliphatic rings. The summed E-state index contributed by atoms with van der Waals surface area (Å²) in [6.07, 6.45) is 1.60. The zero-order valence-corrected chi connectivity index (χ0v) is 10.4. The van der Waals surface area contributed by atoms with Gasteiger partial charge in [-0.3, -0.25) is 5.41 Å². The number of hydrogen-bond donors (Lipinski definition) is 2. The minimum absolute atomic E-state index is 0.0217. The van der Waals surface area contributed by atoms with Crippen molar-refractivity contribution in [2.45, 2.75) is 13.8 Å². The van der Waals surface area contributed by atoms with E-state index in [1.54, 1.807) is 10.9 Å². The first-order valence-corrected chi connectivity index (χ1v) is 5.54. The van der Waals surface area contributed by atoms with Crippen LogP contribution in [0.3, 0.4) is 0 Å². The van der Waals surface area contributed by atoms with E-state index >= 15 is 0 Å². The summed E-state index contributed by atoms with van der Waals surface area (Å²) in [4.78, 5) is 0. The molecule has 1 aromatic heterocycles. The minimum Gasteiger partial charge on any atom is -0.384 e. The molecular weight excluding hydrogens is 236 g/mol. The topological polar surface area (TPSA) is 67.7 Å². The van der Waals surface area contributed by atoms with Crippen LogP contribution in [0.1, 0.15) is 16.8 Å². The molecule has 1 aromatic carbocycles. The molecule has 0 atom stereocenters. The third-order valence-electron chi connectivity index (χ3n) is 2.77. The van der Waals surface area contributed by atoms with Gasteiger partial charge >= 0.3 is 0 Å². The highest BCUT2D eigenvalue weighted by Gasteiger charge is 2.12. The molecule has 17 heavy (non-hydrogen) atoms. The Bertz CT molecular complexity index is 586. The van der Waals surface area contributed by atoms with Crippen LogP contribution in [-0.4, -0.2) is 15.6 Å². The monoisotopic (exact) mass is 248 g/mol. The summed E-state index contributed by atoms with van der Waals surface area (Å²) in [5.41, 5.74) is 8.82. The van der Waals surface area contributed by atoms with Gasteiger partial charge in [0.15, 0.2) is 0 Å². The summed E-state index contributed by atoms with van der Waals surface area (Å²) in [6.45, 7) is 3.82. The van der Waals surface area contributed by atoms with Gasteiger partial charge in [-0.25, -0.2) is 4.68 Å². The molecule has 2 rings (SSSR count). The molecule has 0 saturated heterocycles. The highest BCUT2D eigenvalue weighted by molar-refractivity contribution is 6.31. The summed E-state index contributed by atoms with van der Waals surface area (Å²) < 4.78 is 1.75. The van der Waals surface area contributed by atoms with Crippen LogP contribution in [0.15, 0.2) is 24.4 Å². The lowest BCUT2D eigenvalue weighted by atomic mass is 10.2. The van der Waals surface area contributed by atoms with E-state index < -0.39 is 0 Å². The maximum absolute atomic E-state index is 7.45. The Morgan fingerprint density at radius 2 is 2.12 bits per heavy atom. The van der Waals surface area contributed by atoms with Crippen molar-refractivity contribution in [3.63, 3.8) is 0 Å². The van der Waals surface area contributed by atoms with E-state index in [-0.39, 0.29) is 5.84 Å². The molecule has 0 aliphatic carbocycles. The highest BCUT2D eigenvalue weighted by Crippen LogP contribution is 2.23. The second kappa shape index (κ2) is 4.22. The number of halogens is 1. The van der Waals surface area contributed by atoms with Crippen molar-refractivity contribution >= 4 is 17.4 Å². The van der Waals surface area contributed by atoms with Gasteiger partial charge in [0.2, 0.25) is 0 Å². The fraction of sp³-hybridized carbons (Fsp3) is 0.167. The first-order chi connectivity index (χ1) is 8.02. The molecule has 2 aromatic rings. The van der Waals surface area contributed by atoms with E-state index in [2.05, 4.69) is 5.10 Å². The molecule has 0 aliphatic heterocycles. The number of nitrogens with zero attached hydrogens (tertiary/aromatic N) is 2. The van der Waals surface area contributed by atoms with Crippen LogP contribution in [0, 0.1) is 19.3 Å². The Hall–Kier alpha value is -1.81. The van der Waals surface area contributed by atoms with Gasteiger partial charge in [0.25, 0.3) is 0 Å². The predicted molar refractivity (Wildman–Crippen MR) is 69.1 cm³/mol. The molecule has 4 nitrogen and oxygen atoms in total. The second-order valence-electron chi connectivity index (χ2n) is 3.85. The van der Waals surface area contributed by atoms with Crippen LogP contribution in [-0.2, 0) is 0 Å². The van der Waals surface area contributed by atoms with Gasteiger partial charge in [0.1, 0.15) is 5.84 Å². The summed E-state index contributed by atoms with van der Waals surface area (Å²) in [7, 11) is 0. The maximum Gasteiger partial charge on any atom is 0.126 e. The molecule has 0 amide bonds. The number of nitrogens with two attached hydrogens (primary N) is 1. The zero-order chi connectivity index (χ0) is 12.6. The Balaban J connectivity index is 2.62. The molecule has 5 heteroatoms. The first-order valence-electron chi connectivity index (χ1n) is 5.17. The van der Waals surface area contributed by atoms with E-state index in [1.165, 1.54) is 0 Å². The molecule has 3 N–H and O–H groups in total. The first kappa shape index (κ1) is 11.7. The molecular formula is C12H13ClN4. The summed E-state index contributed by atoms with van der Waals surface area (Å²) in [5.74, 6) is 0.0217. The van der Waals surface area contributed by atoms with Crippen LogP contribution >= 0.6 is 11.6 Å². The molecule has 0 radical (unpaired) electrons. The Kier molecular flexibility index (Phi) is 2.90. The van der Waals surface area contributed by atoms with E-state index in [9.17, 15) is 0 Å². The van der Waals surface area contributed by atoms with E-state index in [1.807, 2.05) is 32.0 Å². The number of benzene rings is 1. The molecule has 0 saturated carbocycles. The van der Waals surface area contributed by atoms with Crippen molar-refractivity contribution in [1.29, 1.82) is 5.41 Å². The van der Waals surface area contributed by atoms with Crippen LogP contribution < -0.4 is 5.73 Å². The van der Waals surface area contributed by atoms with Crippen molar-refractivity contribution in [2.24, 2.45) is 5.73 Å². The van der Waals surface area contributed by atoms with Crippen LogP contribution in [0.2, 0.25) is 5.02 Å². The van der Waals surface area contributed by atoms with Crippen molar-refractivity contribution in [1.82, 2.24) is 9.78 Å². The van der Waals surface area contributed by atoms with Crippen molar-refractivity contribution < 1.29 is 0 Å². The lowest BCUT2D eigenvalue weighted by molar-refractivity contribution is 0.840. The molecule has 0 fully saturated rings. The number of hydrogen-bond acceptors (Lipinski definition) is 2. The maximum atomic E-state index is 7.45. The molecule has 0 unspecified atom stereocenters. The molecule has 1 heterocycles. The van der Waals surface area contributed by atoms with Gasteiger partial charge in [-0.2, -0.15) is 5.10 Å². The zero-order valence-electron chi connectivity index (χ0n) is 9.66. The average Bonchev–Trinajstić information content (AvgIpc) is 2.64. The standard InChI is InChI=1S/C12H13ClN4/c1-7-10(13)4-3-5-11(7)17-8(2)9(6-16-17)12(14)15/h3-6H,1-2H3,(H3,14,15). The lowest BCUT2D eigenvalue weighted by Gasteiger charge is -2.09. The van der Waals surface area contributed by atoms with Gasteiger partial charge in [0.05, 0.1) is 23.1 Å². The Labute approximate surface area is 105 Å². The Morgan fingerprint density at radius 3 is 2.71 bits per heavy atom. The number of aromatic nitrogens is 2. The Morgan fingerprint density at radius 1 is 1.41 bits per heavy atom. The third-order valence-corrected chi connectivity index (χ3v) is 3.18. The van der Waals surface area contributed by atoms with Crippen LogP contribution in [0.4, 0.5) is 0 Å². The SMILES string of the molecule is Cc1c(Cl)cccc1-n1ncc(C(=N)N)c1C.